The van der Waals surface area contributed by atoms with Crippen molar-refractivity contribution in [2.24, 2.45) is 0 Å². The van der Waals surface area contributed by atoms with Crippen LogP contribution in [0.3, 0.4) is 0 Å². The van der Waals surface area contributed by atoms with Gasteiger partial charge in [0.15, 0.2) is 0 Å². The predicted molar refractivity (Wildman–Crippen MR) is 104 cm³/mol. The van der Waals surface area contributed by atoms with Crippen molar-refractivity contribution in [3.05, 3.63) is 57.8 Å². The Bertz CT molecular complexity index is 722. The first-order valence-electron chi connectivity index (χ1n) is 9.04. The smallest absolute Gasteiger partial charge is 0.261 e. The molecule has 1 fully saturated rings. The minimum absolute atomic E-state index is 0.184. The van der Waals surface area contributed by atoms with Crippen molar-refractivity contribution in [2.45, 2.75) is 38.9 Å². The Kier molecular flexibility index (Phi) is 6.41. The Hall–Kier alpha value is -2.18. The molecule has 2 N–H and O–H groups in total. The lowest BCUT2D eigenvalue weighted by Crippen LogP contribution is -2.44. The molecule has 1 atom stereocenters. The lowest BCUT2D eigenvalue weighted by atomic mass is 10.1. The molecule has 138 valence electrons. The molecule has 5 nitrogen and oxygen atoms in total. The van der Waals surface area contributed by atoms with Crippen molar-refractivity contribution in [2.75, 3.05) is 13.1 Å². The Morgan fingerprint density at radius 3 is 2.46 bits per heavy atom. The van der Waals surface area contributed by atoms with Gasteiger partial charge in [-0.3, -0.25) is 14.5 Å². The van der Waals surface area contributed by atoms with E-state index in [0.717, 1.165) is 12.1 Å². The molecule has 0 radical (unpaired) electrons. The number of nitrogens with zero attached hydrogens (tertiary/aromatic N) is 1. The van der Waals surface area contributed by atoms with Gasteiger partial charge in [0.2, 0.25) is 5.91 Å². The van der Waals surface area contributed by atoms with E-state index in [1.54, 1.807) is 13.0 Å². The summed E-state index contributed by atoms with van der Waals surface area (Å²) in [6.07, 6.45) is 2.59. The number of carbonyl (C=O) groups excluding carboxylic acids is 2. The van der Waals surface area contributed by atoms with Crippen molar-refractivity contribution in [1.82, 2.24) is 15.5 Å². The Balaban J connectivity index is 1.43. The van der Waals surface area contributed by atoms with E-state index >= 15 is 0 Å². The molecule has 2 heterocycles. The summed E-state index contributed by atoms with van der Waals surface area (Å²) in [4.78, 5) is 27.3. The number of benzene rings is 1. The topological polar surface area (TPSA) is 61.4 Å². The molecule has 0 unspecified atom stereocenters. The number of hydrogen-bond donors (Lipinski definition) is 2. The van der Waals surface area contributed by atoms with Crippen molar-refractivity contribution in [3.63, 3.8) is 0 Å². The van der Waals surface area contributed by atoms with Gasteiger partial charge in [-0.25, -0.2) is 0 Å². The monoisotopic (exact) mass is 371 g/mol. The average Bonchev–Trinajstić information content (AvgIpc) is 3.34. The van der Waals surface area contributed by atoms with E-state index in [0.29, 0.717) is 11.4 Å². The van der Waals surface area contributed by atoms with Crippen LogP contribution in [0.15, 0.2) is 41.8 Å². The van der Waals surface area contributed by atoms with Gasteiger partial charge in [0.25, 0.3) is 5.91 Å². The van der Waals surface area contributed by atoms with Crippen molar-refractivity contribution < 1.29 is 9.59 Å². The molecule has 0 bridgehead atoms. The van der Waals surface area contributed by atoms with Gasteiger partial charge in [0.05, 0.1) is 4.88 Å². The Labute approximate surface area is 158 Å². The first kappa shape index (κ1) is 18.6. The Morgan fingerprint density at radius 2 is 1.81 bits per heavy atom. The molecular formula is C20H25N3O2S. The maximum atomic E-state index is 12.2. The van der Waals surface area contributed by atoms with Gasteiger partial charge in [-0.2, -0.15) is 0 Å². The molecule has 0 spiro atoms. The standard InChI is InChI=1S/C20H25N3O2S/c1-15(22-20(25)18-5-4-12-26-18)19(24)21-13-16-6-8-17(9-7-16)14-23-10-2-3-11-23/h4-9,12,15H,2-3,10-11,13-14H2,1H3,(H,21,24)(H,22,25)/t15-/m0/s1. The molecular weight excluding hydrogens is 346 g/mol. The third-order valence-corrected chi connectivity index (χ3v) is 5.45. The molecule has 1 aromatic carbocycles. The van der Waals surface area contributed by atoms with Crippen LogP contribution in [-0.4, -0.2) is 35.8 Å². The van der Waals surface area contributed by atoms with Crippen molar-refractivity contribution >= 4 is 23.2 Å². The molecule has 3 rings (SSSR count). The first-order chi connectivity index (χ1) is 12.6. The lowest BCUT2D eigenvalue weighted by molar-refractivity contribution is -0.122. The van der Waals surface area contributed by atoms with E-state index in [4.69, 9.17) is 0 Å². The van der Waals surface area contributed by atoms with E-state index in [1.807, 2.05) is 11.4 Å². The molecule has 2 aromatic rings. The highest BCUT2D eigenvalue weighted by atomic mass is 32.1. The molecule has 1 aromatic heterocycles. The molecule has 26 heavy (non-hydrogen) atoms. The van der Waals surface area contributed by atoms with Crippen molar-refractivity contribution in [3.8, 4) is 0 Å². The lowest BCUT2D eigenvalue weighted by Gasteiger charge is -2.15. The molecule has 0 saturated carbocycles. The van der Waals surface area contributed by atoms with Gasteiger partial charge < -0.3 is 10.6 Å². The zero-order chi connectivity index (χ0) is 18.4. The van der Waals surface area contributed by atoms with Crippen LogP contribution in [-0.2, 0) is 17.9 Å². The summed E-state index contributed by atoms with van der Waals surface area (Å²) < 4.78 is 0. The number of thiophene rings is 1. The summed E-state index contributed by atoms with van der Waals surface area (Å²) in [5, 5.41) is 7.44. The predicted octanol–water partition coefficient (Wildman–Crippen LogP) is 2.78. The SMILES string of the molecule is C[C@H](NC(=O)c1cccs1)C(=O)NCc1ccc(CN2CCCC2)cc1. The number of nitrogens with one attached hydrogen (secondary N) is 2. The number of likely N-dealkylation sites (tertiary alicyclic amines) is 1. The average molecular weight is 372 g/mol. The maximum Gasteiger partial charge on any atom is 0.261 e. The fraction of sp³-hybridized carbons (Fsp3) is 0.400. The molecule has 6 heteroatoms. The van der Waals surface area contributed by atoms with E-state index in [2.05, 4.69) is 39.8 Å². The van der Waals surface area contributed by atoms with Crippen LogP contribution < -0.4 is 10.6 Å². The van der Waals surface area contributed by atoms with Gasteiger partial charge in [0, 0.05) is 13.1 Å². The summed E-state index contributed by atoms with van der Waals surface area (Å²) in [6, 6.07) is 11.4. The minimum atomic E-state index is -0.570. The molecule has 1 aliphatic rings. The summed E-state index contributed by atoms with van der Waals surface area (Å²) in [5.41, 5.74) is 2.36. The van der Waals surface area contributed by atoms with E-state index in [9.17, 15) is 9.59 Å². The van der Waals surface area contributed by atoms with E-state index < -0.39 is 6.04 Å². The fourth-order valence-electron chi connectivity index (χ4n) is 3.04. The summed E-state index contributed by atoms with van der Waals surface area (Å²) in [6.45, 7) is 5.53. The zero-order valence-corrected chi connectivity index (χ0v) is 15.8. The number of rotatable bonds is 7. The largest absolute Gasteiger partial charge is 0.350 e. The van der Waals surface area contributed by atoms with Crippen LogP contribution >= 0.6 is 11.3 Å². The second-order valence-corrected chi connectivity index (χ2v) is 7.64. The summed E-state index contributed by atoms with van der Waals surface area (Å²) >= 11 is 1.36. The highest BCUT2D eigenvalue weighted by Crippen LogP contribution is 2.13. The maximum absolute atomic E-state index is 12.2. The normalized spacial score (nSPS) is 15.6. The van der Waals surface area contributed by atoms with Gasteiger partial charge >= 0.3 is 0 Å². The first-order valence-corrected chi connectivity index (χ1v) is 9.92. The Morgan fingerprint density at radius 1 is 1.12 bits per heavy atom. The number of amides is 2. The van der Waals surface area contributed by atoms with Gasteiger partial charge in [-0.05, 0) is 55.4 Å². The van der Waals surface area contributed by atoms with Crippen LogP contribution in [0.1, 0.15) is 40.6 Å². The fourth-order valence-corrected chi connectivity index (χ4v) is 3.67. The van der Waals surface area contributed by atoms with Gasteiger partial charge in [-0.15, -0.1) is 11.3 Å². The molecule has 2 amide bonds. The van der Waals surface area contributed by atoms with Crippen LogP contribution in [0.5, 0.6) is 0 Å². The van der Waals surface area contributed by atoms with Gasteiger partial charge in [0.1, 0.15) is 6.04 Å². The summed E-state index contributed by atoms with van der Waals surface area (Å²) in [5.74, 6) is -0.398. The van der Waals surface area contributed by atoms with E-state index in [1.165, 1.54) is 42.8 Å². The second-order valence-electron chi connectivity index (χ2n) is 6.69. The molecule has 1 aliphatic heterocycles. The number of hydrogen-bond acceptors (Lipinski definition) is 4. The van der Waals surface area contributed by atoms with Crippen LogP contribution in [0.4, 0.5) is 0 Å². The van der Waals surface area contributed by atoms with E-state index in [-0.39, 0.29) is 11.8 Å². The summed E-state index contributed by atoms with van der Waals surface area (Å²) in [7, 11) is 0. The zero-order valence-electron chi connectivity index (χ0n) is 15.0. The minimum Gasteiger partial charge on any atom is -0.350 e. The molecule has 0 aliphatic carbocycles. The van der Waals surface area contributed by atoms with Crippen LogP contribution in [0.25, 0.3) is 0 Å². The highest BCUT2D eigenvalue weighted by molar-refractivity contribution is 7.12. The van der Waals surface area contributed by atoms with Crippen LogP contribution in [0.2, 0.25) is 0 Å². The third kappa shape index (κ3) is 5.16. The quantitative estimate of drug-likeness (QED) is 0.787. The molecule has 1 saturated heterocycles. The van der Waals surface area contributed by atoms with Gasteiger partial charge in [-0.1, -0.05) is 30.3 Å². The van der Waals surface area contributed by atoms with Crippen molar-refractivity contribution in [1.29, 1.82) is 0 Å². The second kappa shape index (κ2) is 8.96. The third-order valence-electron chi connectivity index (χ3n) is 4.58. The number of carbonyl (C=O) groups is 2. The van der Waals surface area contributed by atoms with Crippen LogP contribution in [0, 0.1) is 0 Å². The highest BCUT2D eigenvalue weighted by Gasteiger charge is 2.17.